The van der Waals surface area contributed by atoms with Gasteiger partial charge in [-0.05, 0) is 32.1 Å². The standard InChI is InChI=1S/C46H83N6O15.C29H52IN6O7.2Y/c47-37(40(55)32-51-39(33-53)45(48)61)19-15-16-24-49-43(58)35-67-31-28-64-26-17-18-36(54)34-66-30-29-65-27-25-50-41(56)23-22-38(46(62)63)52-42(57)20-13-11-9-7-5-3-1-2-4-6-8-10-12-14-21-44(59)60;1-19(2)13-29(7,35-16-22(38)27(3,4)32)24(40)15-34-21(9-8-12-31)26(43)30-18-36-28(5,6)23(39)14-33-20(17-37)10-11-25(41)42;;/h37-39,47,51,53H,1-35H2,(H2,48,61)(H,49,58)(H,50,56)(H,52,57)(H,59,60)(H,62,63);19-21,32-36H,8-16,18,31H2,1-7H3,(H,41,42);;/q-1;-3;;/t37-,38-,39-;20-,21+,29+;;/m01../s1. The second kappa shape index (κ2) is 71.5. The zero-order valence-corrected chi connectivity index (χ0v) is 75.4. The number of unbranched alkanes of at least 4 members (excludes halogenated alkanes) is 14. The van der Waals surface area contributed by atoms with E-state index in [0.29, 0.717) is 69.2 Å². The van der Waals surface area contributed by atoms with E-state index in [-0.39, 0.29) is 246 Å². The largest absolute Gasteiger partial charge is 0.668 e. The Morgan fingerprint density at radius 1 is 0.509 bits per heavy atom. The molecule has 34 nitrogen and oxygen atoms in total. The Morgan fingerprint density at radius 3 is 1.58 bits per heavy atom. The first-order valence-corrected chi connectivity index (χ1v) is 41.4. The van der Waals surface area contributed by atoms with Gasteiger partial charge in [0.15, 0.2) is 5.78 Å². The number of carboxylic acids is 3. The van der Waals surface area contributed by atoms with Crippen molar-refractivity contribution in [2.75, 3.05) is 110 Å². The minimum atomic E-state index is -1.28. The maximum atomic E-state index is 13.4. The fourth-order valence-corrected chi connectivity index (χ4v) is 13.2. The number of halogens is 1. The van der Waals surface area contributed by atoms with Crippen molar-refractivity contribution in [2.24, 2.45) is 17.4 Å². The third-order valence-corrected chi connectivity index (χ3v) is 19.8. The van der Waals surface area contributed by atoms with Crippen LogP contribution in [0.3, 0.4) is 0 Å². The van der Waals surface area contributed by atoms with Gasteiger partial charge in [0.1, 0.15) is 31.1 Å². The molecule has 0 aliphatic heterocycles. The van der Waals surface area contributed by atoms with Crippen molar-refractivity contribution < 1.29 is 193 Å². The number of hydrogen-bond donors (Lipinski definition) is 14. The van der Waals surface area contributed by atoms with Gasteiger partial charge in [0, 0.05) is 111 Å². The van der Waals surface area contributed by atoms with Gasteiger partial charge < -0.3 is 61.7 Å². The molecule has 0 aliphatic carbocycles. The Kier molecular flexibility index (Phi) is 73.2. The van der Waals surface area contributed by atoms with Gasteiger partial charge in [-0.2, -0.15) is 0 Å². The number of aliphatic hydroxyl groups excluding tert-OH is 1. The van der Waals surface area contributed by atoms with Crippen LogP contribution in [0.2, 0.25) is 0 Å². The molecule has 112 heavy (non-hydrogen) atoms. The number of ether oxygens (including phenoxy) is 4. The normalized spacial score (nSPS) is 13.3. The van der Waals surface area contributed by atoms with Crippen LogP contribution in [0, 0.1) is 5.92 Å². The van der Waals surface area contributed by atoms with Crippen LogP contribution in [0.1, 0.15) is 228 Å². The molecule has 0 fully saturated rings. The molecule has 0 spiro atoms. The molecule has 644 valence electrons. The third kappa shape index (κ3) is 65.4. The summed E-state index contributed by atoms with van der Waals surface area (Å²) in [4.78, 5) is 167. The number of carbonyl (C=O) groups excluding carboxylic acids is 11. The number of amides is 4. The minimum Gasteiger partial charge on any atom is -0.668 e. The van der Waals surface area contributed by atoms with Crippen LogP contribution in [-0.2, 0) is 151 Å². The smallest absolute Gasteiger partial charge is 0.326 e. The Hall–Kier alpha value is -3.60. The van der Waals surface area contributed by atoms with Crippen molar-refractivity contribution in [1.29, 1.82) is 0 Å². The van der Waals surface area contributed by atoms with E-state index in [9.17, 15) is 72.2 Å². The molecule has 0 saturated heterocycles. The van der Waals surface area contributed by atoms with E-state index in [2.05, 4.69) is 42.5 Å². The number of hydrogen-bond acceptors (Lipinski definition) is 25. The van der Waals surface area contributed by atoms with Gasteiger partial charge in [0.05, 0.1) is 46.2 Å². The zero-order chi connectivity index (χ0) is 83.2. The molecule has 0 aromatic heterocycles. The predicted octanol–water partition coefficient (Wildman–Crippen LogP) is 0.391. The van der Waals surface area contributed by atoms with Gasteiger partial charge in [-0.1, -0.05) is 95.9 Å². The SMILES string of the molecule is CC(C)C[C@](C)(NCC(=O)C(C)(C)[NH-])C(=O)CN[C@@H](CCCN)C(=O)[I-]CNC(C)(C)C(=O)CN[C@@H]([C-]=O)CCC(=O)O.[NH-][C@@H](CCCCNC(=O)COCCOCCCC(=O)COCCOCCNC(=O)CC[C@H](NC(=O)CCCCCCCCCCCCCCCCC(=O)O)C(=O)O)C(=O)CN[C@@H](CO)C(N)=O.[Y].[Y]. The number of Topliss-reactive ketones (excluding diaryl/α,β-unsaturated/α-hetero) is 5. The first-order chi connectivity index (χ1) is 52.0. The van der Waals surface area contributed by atoms with Gasteiger partial charge in [-0.15, -0.1) is 0 Å². The summed E-state index contributed by atoms with van der Waals surface area (Å²) >= 11 is -1.08. The van der Waals surface area contributed by atoms with E-state index in [1.807, 2.05) is 13.8 Å². The fraction of sp³-hybridized carbons (Fsp3) is 0.813. The molecule has 0 aliphatic rings. The second-order valence-corrected chi connectivity index (χ2v) is 31.5. The van der Waals surface area contributed by atoms with Crippen molar-refractivity contribution in [2.45, 2.75) is 275 Å². The van der Waals surface area contributed by atoms with Gasteiger partial charge in [0.2, 0.25) is 23.6 Å². The number of aliphatic carboxylic acids is 3. The summed E-state index contributed by atoms with van der Waals surface area (Å²) in [6.07, 6.45) is 20.5. The number of carbonyl (C=O) groups is 13. The van der Waals surface area contributed by atoms with Crippen molar-refractivity contribution >= 4 is 80.5 Å². The summed E-state index contributed by atoms with van der Waals surface area (Å²) in [5.41, 5.74) is 23.3. The summed E-state index contributed by atoms with van der Waals surface area (Å²) in [5, 5.41) is 58.4. The van der Waals surface area contributed by atoms with Gasteiger partial charge >= 0.3 is 279 Å². The number of nitrogens with one attached hydrogen (secondary N) is 10. The van der Waals surface area contributed by atoms with Crippen molar-refractivity contribution in [1.82, 2.24) is 42.5 Å². The third-order valence-electron chi connectivity index (χ3n) is 17.5. The van der Waals surface area contributed by atoms with E-state index < -0.39 is 104 Å². The molecule has 18 N–H and O–H groups in total. The summed E-state index contributed by atoms with van der Waals surface area (Å²) in [6.45, 7) is 13.0. The Bertz CT molecular complexity index is 2690. The van der Waals surface area contributed by atoms with Crippen LogP contribution in [-0.4, -0.2) is 258 Å². The van der Waals surface area contributed by atoms with Crippen molar-refractivity contribution in [3.05, 3.63) is 11.5 Å². The van der Waals surface area contributed by atoms with E-state index in [1.54, 1.807) is 27.1 Å². The molecule has 0 heterocycles. The predicted molar refractivity (Wildman–Crippen MR) is 410 cm³/mol. The number of ketones is 5. The summed E-state index contributed by atoms with van der Waals surface area (Å²) in [7, 11) is 0. The van der Waals surface area contributed by atoms with E-state index in [1.165, 1.54) is 52.4 Å². The quantitative estimate of drug-likeness (QED) is 0.00978. The van der Waals surface area contributed by atoms with Crippen LogP contribution in [0.15, 0.2) is 0 Å². The Morgan fingerprint density at radius 2 is 1.04 bits per heavy atom. The monoisotopic (exact) mass is 1860 g/mol. The van der Waals surface area contributed by atoms with E-state index in [4.69, 9.17) is 57.2 Å². The van der Waals surface area contributed by atoms with Gasteiger partial charge in [-0.3, -0.25) is 38.9 Å². The first-order valence-electron chi connectivity index (χ1n) is 38.8. The van der Waals surface area contributed by atoms with Crippen LogP contribution >= 0.6 is 0 Å². The summed E-state index contributed by atoms with van der Waals surface area (Å²) < 4.78 is 21.7. The molecule has 4 amide bonds. The summed E-state index contributed by atoms with van der Waals surface area (Å²) in [6, 6.07) is -4.64. The maximum Gasteiger partial charge on any atom is 0.326 e. The Labute approximate surface area is 724 Å². The average Bonchev–Trinajstić information content (AvgIpc) is 0.837. The maximum absolute atomic E-state index is 13.4. The van der Waals surface area contributed by atoms with E-state index in [0.717, 1.165) is 44.9 Å². The number of carboxylic acid groups (broad SMARTS) is 3. The molecule has 2 radical (unpaired) electrons. The number of rotatable bonds is 76. The zero-order valence-electron chi connectivity index (χ0n) is 67.6. The molecular formula is C75H135IN12O22Y2-4. The van der Waals surface area contributed by atoms with Gasteiger partial charge in [-0.25, -0.2) is 4.79 Å². The van der Waals surface area contributed by atoms with Crippen LogP contribution < -0.4 is 75.2 Å². The molecular weight excluding hydrogens is 1730 g/mol. The molecule has 0 aromatic rings. The molecule has 0 aromatic carbocycles. The van der Waals surface area contributed by atoms with Crippen molar-refractivity contribution in [3.63, 3.8) is 0 Å². The van der Waals surface area contributed by atoms with Crippen molar-refractivity contribution in [3.8, 4) is 0 Å². The molecule has 0 rings (SSSR count). The van der Waals surface area contributed by atoms with Crippen LogP contribution in [0.25, 0.3) is 11.5 Å². The number of primary amides is 1. The molecule has 37 heteroatoms. The fourth-order valence-electron chi connectivity index (χ4n) is 10.6. The first kappa shape index (κ1) is 115. The second-order valence-electron chi connectivity index (χ2n) is 28.9. The number of nitrogens with two attached hydrogens (primary N) is 2. The number of alkyl halides is 1. The van der Waals surface area contributed by atoms with Crippen LogP contribution in [0.4, 0.5) is 0 Å². The molecule has 0 saturated carbocycles. The molecule has 0 bridgehead atoms. The van der Waals surface area contributed by atoms with Crippen LogP contribution in [0.5, 0.6) is 0 Å². The topological polar surface area (TPSA) is 553 Å². The Balaban J connectivity index is -0.00000112. The molecule has 6 atom stereocenters. The summed E-state index contributed by atoms with van der Waals surface area (Å²) in [5.74, 6) is -5.89. The molecule has 0 unspecified atom stereocenters. The van der Waals surface area contributed by atoms with Gasteiger partial charge in [0.25, 0.3) is 0 Å². The number of aliphatic hydroxyl groups is 1. The minimum absolute atomic E-state index is 0. The van der Waals surface area contributed by atoms with E-state index >= 15 is 0 Å². The average molecular weight is 1860 g/mol.